The Balaban J connectivity index is 1.75. The summed E-state index contributed by atoms with van der Waals surface area (Å²) in [5, 5.41) is 7.93. The molecule has 206 valence electrons. The van der Waals surface area contributed by atoms with Crippen LogP contribution in [-0.2, 0) is 0 Å². The summed E-state index contributed by atoms with van der Waals surface area (Å²) >= 11 is 0. The molecule has 0 bridgehead atoms. The molecule has 0 unspecified atom stereocenters. The Kier molecular flexibility index (Phi) is 7.17. The fraction of sp³-hybridized carbons (Fsp3) is 0.176. The second-order valence-corrected chi connectivity index (χ2v) is 9.40. The zero-order chi connectivity index (χ0) is 28.3. The molecule has 0 saturated carbocycles. The lowest BCUT2D eigenvalue weighted by atomic mass is 9.98. The average Bonchev–Trinajstić information content (AvgIpc) is 3.41. The van der Waals surface area contributed by atoms with E-state index in [1.54, 1.807) is 14.2 Å². The molecule has 0 fully saturated rings. The van der Waals surface area contributed by atoms with Crippen LogP contribution in [0.4, 0.5) is 0 Å². The second kappa shape index (κ2) is 11.2. The van der Waals surface area contributed by atoms with E-state index in [1.807, 2.05) is 97.4 Å². The number of hydrogen-bond donors (Lipinski definition) is 0. The van der Waals surface area contributed by atoms with Gasteiger partial charge in [-0.25, -0.2) is 9.67 Å². The third-order valence-corrected chi connectivity index (χ3v) is 6.99. The molecule has 6 rings (SSSR count). The number of aromatic nitrogens is 3. The van der Waals surface area contributed by atoms with Gasteiger partial charge in [0, 0.05) is 21.9 Å². The Hall–Kier alpha value is -5.04. The molecule has 0 atom stereocenters. The van der Waals surface area contributed by atoms with E-state index in [9.17, 15) is 0 Å². The number of hydrogen-bond acceptors (Lipinski definition) is 6. The molecular weight excluding hydrogens is 514 g/mol. The molecule has 0 aliphatic rings. The minimum atomic E-state index is 0.517. The molecule has 7 nitrogen and oxygen atoms in total. The van der Waals surface area contributed by atoms with Crippen molar-refractivity contribution in [3.63, 3.8) is 0 Å². The zero-order valence-electron chi connectivity index (χ0n) is 23.5. The summed E-state index contributed by atoms with van der Waals surface area (Å²) in [5.74, 6) is 2.62. The molecule has 0 spiro atoms. The fourth-order valence-corrected chi connectivity index (χ4v) is 5.17. The summed E-state index contributed by atoms with van der Waals surface area (Å²) in [6.45, 7) is 4.98. The molecule has 4 aromatic carbocycles. The summed E-state index contributed by atoms with van der Waals surface area (Å²) in [4.78, 5) is 5.31. The van der Waals surface area contributed by atoms with E-state index >= 15 is 0 Å². The van der Waals surface area contributed by atoms with Crippen molar-refractivity contribution in [2.24, 2.45) is 0 Å². The maximum Gasteiger partial charge on any atom is 0.164 e. The van der Waals surface area contributed by atoms with Crippen molar-refractivity contribution < 1.29 is 18.9 Å². The molecule has 41 heavy (non-hydrogen) atoms. The summed E-state index contributed by atoms with van der Waals surface area (Å²) < 4.78 is 25.2. The average molecular weight is 546 g/mol. The predicted octanol–water partition coefficient (Wildman–Crippen LogP) is 7.72. The summed E-state index contributed by atoms with van der Waals surface area (Å²) in [6.07, 6.45) is 0. The Bertz CT molecular complexity index is 1830. The van der Waals surface area contributed by atoms with Gasteiger partial charge >= 0.3 is 0 Å². The van der Waals surface area contributed by atoms with E-state index in [-0.39, 0.29) is 0 Å². The lowest BCUT2D eigenvalue weighted by Crippen LogP contribution is -2.01. The van der Waals surface area contributed by atoms with Gasteiger partial charge in [0.2, 0.25) is 0 Å². The molecule has 2 heterocycles. The first-order chi connectivity index (χ1) is 20.2. The van der Waals surface area contributed by atoms with Gasteiger partial charge in [-0.3, -0.25) is 0 Å². The van der Waals surface area contributed by atoms with E-state index in [0.717, 1.165) is 50.0 Å². The standard InChI is InChI=1S/C34H31N3O4/c1-5-40-27-18-17-23(19-30(27)41-6-2)32-26-21-29(39-4)28(38-3)20-25(26)31-33(22-13-9-7-10-14-22)36-37(34(31)35-32)24-15-11-8-12-16-24/h7-21H,5-6H2,1-4H3. The number of methoxy groups -OCH3 is 2. The van der Waals surface area contributed by atoms with E-state index in [1.165, 1.54) is 0 Å². The lowest BCUT2D eigenvalue weighted by Gasteiger charge is -2.16. The topological polar surface area (TPSA) is 67.6 Å². The predicted molar refractivity (Wildman–Crippen MR) is 163 cm³/mol. The third-order valence-electron chi connectivity index (χ3n) is 6.99. The summed E-state index contributed by atoms with van der Waals surface area (Å²) in [5.41, 5.74) is 5.14. The normalized spacial score (nSPS) is 11.1. The van der Waals surface area contributed by atoms with Crippen molar-refractivity contribution in [1.29, 1.82) is 0 Å². The Labute approximate surface area is 238 Å². The third kappa shape index (κ3) is 4.69. The Morgan fingerprint density at radius 3 is 1.90 bits per heavy atom. The summed E-state index contributed by atoms with van der Waals surface area (Å²) in [6, 6.07) is 30.2. The lowest BCUT2D eigenvalue weighted by molar-refractivity contribution is 0.288. The number of rotatable bonds is 9. The van der Waals surface area contributed by atoms with Crippen LogP contribution in [-0.4, -0.2) is 42.2 Å². The van der Waals surface area contributed by atoms with E-state index < -0.39 is 0 Å². The van der Waals surface area contributed by atoms with Crippen LogP contribution in [0.5, 0.6) is 23.0 Å². The van der Waals surface area contributed by atoms with E-state index in [2.05, 4.69) is 12.1 Å². The first-order valence-electron chi connectivity index (χ1n) is 13.7. The first kappa shape index (κ1) is 26.2. The van der Waals surface area contributed by atoms with Gasteiger partial charge in [-0.2, -0.15) is 5.10 Å². The van der Waals surface area contributed by atoms with Crippen molar-refractivity contribution in [3.8, 4) is 51.2 Å². The number of para-hydroxylation sites is 1. The minimum absolute atomic E-state index is 0.517. The van der Waals surface area contributed by atoms with Crippen LogP contribution >= 0.6 is 0 Å². The van der Waals surface area contributed by atoms with Crippen LogP contribution in [0.25, 0.3) is 50.0 Å². The van der Waals surface area contributed by atoms with Gasteiger partial charge in [0.25, 0.3) is 0 Å². The monoisotopic (exact) mass is 545 g/mol. The Morgan fingerprint density at radius 2 is 1.24 bits per heavy atom. The zero-order valence-corrected chi connectivity index (χ0v) is 23.5. The highest BCUT2D eigenvalue weighted by Gasteiger charge is 2.23. The molecule has 0 aliphatic carbocycles. The van der Waals surface area contributed by atoms with Gasteiger partial charge < -0.3 is 18.9 Å². The molecular formula is C34H31N3O4. The van der Waals surface area contributed by atoms with E-state index in [4.69, 9.17) is 29.0 Å². The molecule has 6 aromatic rings. The molecule has 2 aromatic heterocycles. The number of ether oxygens (including phenoxy) is 4. The molecule has 0 N–H and O–H groups in total. The largest absolute Gasteiger partial charge is 0.493 e. The van der Waals surface area contributed by atoms with Gasteiger partial charge in [-0.05, 0) is 56.3 Å². The van der Waals surface area contributed by atoms with E-state index in [0.29, 0.717) is 36.2 Å². The van der Waals surface area contributed by atoms with Gasteiger partial charge in [0.1, 0.15) is 5.69 Å². The SMILES string of the molecule is CCOc1ccc(-c2nc3c(c(-c4ccccc4)nn3-c3ccccc3)c3cc(OC)c(OC)cc23)cc1OCC. The smallest absolute Gasteiger partial charge is 0.164 e. The highest BCUT2D eigenvalue weighted by molar-refractivity contribution is 6.16. The minimum Gasteiger partial charge on any atom is -0.493 e. The van der Waals surface area contributed by atoms with Crippen LogP contribution in [0.2, 0.25) is 0 Å². The van der Waals surface area contributed by atoms with Crippen molar-refractivity contribution in [3.05, 3.63) is 91.0 Å². The van der Waals surface area contributed by atoms with Crippen LogP contribution in [0.3, 0.4) is 0 Å². The van der Waals surface area contributed by atoms with Gasteiger partial charge in [-0.15, -0.1) is 0 Å². The van der Waals surface area contributed by atoms with Gasteiger partial charge in [0.15, 0.2) is 28.6 Å². The Morgan fingerprint density at radius 1 is 0.610 bits per heavy atom. The molecule has 0 amide bonds. The number of pyridine rings is 1. The van der Waals surface area contributed by atoms with Crippen LogP contribution in [0.15, 0.2) is 91.0 Å². The fourth-order valence-electron chi connectivity index (χ4n) is 5.17. The molecule has 7 heteroatoms. The molecule has 0 radical (unpaired) electrons. The second-order valence-electron chi connectivity index (χ2n) is 9.40. The van der Waals surface area contributed by atoms with Gasteiger partial charge in [0.05, 0.1) is 44.2 Å². The summed E-state index contributed by atoms with van der Waals surface area (Å²) in [7, 11) is 3.29. The highest BCUT2D eigenvalue weighted by atomic mass is 16.5. The maximum atomic E-state index is 5.97. The van der Waals surface area contributed by atoms with Crippen molar-refractivity contribution in [1.82, 2.24) is 14.8 Å². The number of fused-ring (bicyclic) bond motifs is 3. The maximum absolute atomic E-state index is 5.97. The highest BCUT2D eigenvalue weighted by Crippen LogP contribution is 2.44. The van der Waals surface area contributed by atoms with Crippen molar-refractivity contribution >= 4 is 21.8 Å². The van der Waals surface area contributed by atoms with Crippen LogP contribution < -0.4 is 18.9 Å². The molecule has 0 aliphatic heterocycles. The van der Waals surface area contributed by atoms with Crippen LogP contribution in [0.1, 0.15) is 13.8 Å². The van der Waals surface area contributed by atoms with Crippen molar-refractivity contribution in [2.75, 3.05) is 27.4 Å². The quantitative estimate of drug-likeness (QED) is 0.185. The number of benzene rings is 4. The van der Waals surface area contributed by atoms with Crippen molar-refractivity contribution in [2.45, 2.75) is 13.8 Å². The van der Waals surface area contributed by atoms with Gasteiger partial charge in [-0.1, -0.05) is 48.5 Å². The molecule has 0 saturated heterocycles. The van der Waals surface area contributed by atoms with Crippen LogP contribution in [0, 0.1) is 0 Å². The first-order valence-corrected chi connectivity index (χ1v) is 13.7. The number of nitrogens with zero attached hydrogens (tertiary/aromatic N) is 3.